The minimum Gasteiger partial charge on any atom is -0.492 e. The predicted octanol–water partition coefficient (Wildman–Crippen LogP) is 4.18. The molecule has 0 spiro atoms. The van der Waals surface area contributed by atoms with Crippen LogP contribution in [0.2, 0.25) is 0 Å². The number of urea groups is 1. The lowest BCUT2D eigenvalue weighted by molar-refractivity contribution is -0.0398. The van der Waals surface area contributed by atoms with Gasteiger partial charge in [-0.3, -0.25) is 15.0 Å². The minimum absolute atomic E-state index is 0.221. The molecule has 3 aromatic rings. The van der Waals surface area contributed by atoms with Gasteiger partial charge in [0, 0.05) is 32.7 Å². The summed E-state index contributed by atoms with van der Waals surface area (Å²) in [6.45, 7) is 5.85. The highest BCUT2D eigenvalue weighted by atomic mass is 16.5. The third kappa shape index (κ3) is 7.31. The molecule has 7 heteroatoms. The van der Waals surface area contributed by atoms with Crippen LogP contribution in [0.15, 0.2) is 84.9 Å². The first kappa shape index (κ1) is 25.7. The molecule has 1 heterocycles. The number of hydrogen-bond acceptors (Lipinski definition) is 5. The van der Waals surface area contributed by atoms with Crippen LogP contribution in [0.1, 0.15) is 29.2 Å². The lowest BCUT2D eigenvalue weighted by Gasteiger charge is -2.39. The maximum Gasteiger partial charge on any atom is 0.338 e. The van der Waals surface area contributed by atoms with E-state index in [2.05, 4.69) is 70.5 Å². The molecular formula is C29H36N4O3. The van der Waals surface area contributed by atoms with Crippen molar-refractivity contribution in [1.29, 1.82) is 0 Å². The van der Waals surface area contributed by atoms with Gasteiger partial charge < -0.3 is 10.5 Å². The van der Waals surface area contributed by atoms with Crippen LogP contribution in [0.25, 0.3) is 0 Å². The van der Waals surface area contributed by atoms with E-state index in [-0.39, 0.29) is 12.6 Å². The Kier molecular flexibility index (Phi) is 9.33. The molecule has 0 aromatic heterocycles. The molecule has 3 N–H and O–H groups in total. The highest BCUT2D eigenvalue weighted by Crippen LogP contribution is 2.29. The van der Waals surface area contributed by atoms with Crippen LogP contribution in [-0.4, -0.2) is 72.0 Å². The summed E-state index contributed by atoms with van der Waals surface area (Å²) in [6.07, 6.45) is 1.39. The molecule has 0 saturated carbocycles. The van der Waals surface area contributed by atoms with Crippen molar-refractivity contribution < 1.29 is 14.7 Å². The fourth-order valence-corrected chi connectivity index (χ4v) is 4.72. The summed E-state index contributed by atoms with van der Waals surface area (Å²) >= 11 is 0. The number of ether oxygens (including phenoxy) is 1. The van der Waals surface area contributed by atoms with Crippen molar-refractivity contribution in [2.45, 2.75) is 18.9 Å². The van der Waals surface area contributed by atoms with Gasteiger partial charge in [-0.25, -0.2) is 9.86 Å². The van der Waals surface area contributed by atoms with Crippen molar-refractivity contribution in [3.63, 3.8) is 0 Å². The van der Waals surface area contributed by atoms with Gasteiger partial charge in [0.15, 0.2) is 0 Å². The Morgan fingerprint density at radius 1 is 0.889 bits per heavy atom. The maximum atomic E-state index is 10.8. The number of nitrogens with zero attached hydrogens (tertiary/aromatic N) is 3. The Labute approximate surface area is 213 Å². The summed E-state index contributed by atoms with van der Waals surface area (Å²) in [5.74, 6) is 0.853. The Morgan fingerprint density at radius 3 is 2.03 bits per heavy atom. The van der Waals surface area contributed by atoms with Gasteiger partial charge in [-0.15, -0.1) is 0 Å². The molecule has 1 aliphatic rings. The van der Waals surface area contributed by atoms with Crippen LogP contribution >= 0.6 is 0 Å². The molecule has 0 bridgehead atoms. The summed E-state index contributed by atoms with van der Waals surface area (Å²) in [5, 5.41) is 9.87. The standard InChI is InChI=1S/C29H36N4O3/c30-29(34)33(35)17-7-8-24-13-15-27(16-14-24)36-23-22-31-18-20-32(21-19-31)28(25-9-3-1-4-10-25)26-11-5-2-6-12-26/h1-6,9-16,28,35H,7-8,17-23H2,(H2,30,34). The number of rotatable bonds is 11. The van der Waals surface area contributed by atoms with E-state index >= 15 is 0 Å². The van der Waals surface area contributed by atoms with Crippen LogP contribution in [0.4, 0.5) is 4.79 Å². The molecule has 1 aliphatic heterocycles. The van der Waals surface area contributed by atoms with Gasteiger partial charge in [-0.05, 0) is 41.7 Å². The minimum atomic E-state index is -0.827. The molecule has 0 aliphatic carbocycles. The monoisotopic (exact) mass is 488 g/mol. The van der Waals surface area contributed by atoms with Gasteiger partial charge in [-0.2, -0.15) is 0 Å². The first-order valence-corrected chi connectivity index (χ1v) is 12.6. The number of carbonyl (C=O) groups excluding carboxylic acids is 1. The summed E-state index contributed by atoms with van der Waals surface area (Å²) in [6, 6.07) is 29.0. The fourth-order valence-electron chi connectivity index (χ4n) is 4.72. The Morgan fingerprint density at radius 2 is 1.47 bits per heavy atom. The number of aryl methyl sites for hydroxylation is 1. The van der Waals surface area contributed by atoms with Crippen molar-refractivity contribution in [2.75, 3.05) is 45.9 Å². The van der Waals surface area contributed by atoms with Crippen LogP contribution in [0, 0.1) is 0 Å². The molecule has 190 valence electrons. The zero-order chi connectivity index (χ0) is 25.2. The molecule has 0 unspecified atom stereocenters. The number of primary amides is 1. The lowest BCUT2D eigenvalue weighted by Crippen LogP contribution is -2.48. The van der Waals surface area contributed by atoms with Crippen molar-refractivity contribution in [2.24, 2.45) is 5.73 Å². The van der Waals surface area contributed by atoms with Crippen molar-refractivity contribution >= 4 is 6.03 Å². The summed E-state index contributed by atoms with van der Waals surface area (Å²) in [7, 11) is 0. The van der Waals surface area contributed by atoms with E-state index in [0.717, 1.165) is 50.5 Å². The second-order valence-electron chi connectivity index (χ2n) is 9.16. The molecule has 0 atom stereocenters. The second kappa shape index (κ2) is 13.1. The number of hydroxylamine groups is 2. The molecule has 3 aromatic carbocycles. The number of benzene rings is 3. The third-order valence-corrected chi connectivity index (χ3v) is 6.69. The van der Waals surface area contributed by atoms with Gasteiger partial charge in [0.05, 0.1) is 12.6 Å². The summed E-state index contributed by atoms with van der Waals surface area (Å²) < 4.78 is 5.99. The van der Waals surface area contributed by atoms with Crippen LogP contribution in [-0.2, 0) is 6.42 Å². The lowest BCUT2D eigenvalue weighted by atomic mass is 9.96. The second-order valence-corrected chi connectivity index (χ2v) is 9.16. The smallest absolute Gasteiger partial charge is 0.338 e. The largest absolute Gasteiger partial charge is 0.492 e. The predicted molar refractivity (Wildman–Crippen MR) is 141 cm³/mol. The fraction of sp³-hybridized carbons (Fsp3) is 0.345. The third-order valence-electron chi connectivity index (χ3n) is 6.69. The van der Waals surface area contributed by atoms with Crippen molar-refractivity contribution in [3.8, 4) is 5.75 Å². The van der Waals surface area contributed by atoms with E-state index in [1.165, 1.54) is 11.1 Å². The Balaban J connectivity index is 1.21. The van der Waals surface area contributed by atoms with Gasteiger partial charge in [0.1, 0.15) is 12.4 Å². The van der Waals surface area contributed by atoms with Crippen LogP contribution < -0.4 is 10.5 Å². The summed E-state index contributed by atoms with van der Waals surface area (Å²) in [4.78, 5) is 15.9. The van der Waals surface area contributed by atoms with Gasteiger partial charge in [-0.1, -0.05) is 72.8 Å². The zero-order valence-electron chi connectivity index (χ0n) is 20.7. The average Bonchev–Trinajstić information content (AvgIpc) is 2.92. The van der Waals surface area contributed by atoms with E-state index in [1.807, 2.05) is 24.3 Å². The molecular weight excluding hydrogens is 452 g/mol. The molecule has 7 nitrogen and oxygen atoms in total. The summed E-state index contributed by atoms with van der Waals surface area (Å²) in [5.41, 5.74) is 8.82. The normalized spacial score (nSPS) is 14.6. The first-order valence-electron chi connectivity index (χ1n) is 12.6. The maximum absolute atomic E-state index is 10.8. The molecule has 0 radical (unpaired) electrons. The number of hydrogen-bond donors (Lipinski definition) is 2. The number of amides is 2. The SMILES string of the molecule is NC(=O)N(O)CCCc1ccc(OCCN2CCN(C(c3ccccc3)c3ccccc3)CC2)cc1. The van der Waals surface area contributed by atoms with Crippen LogP contribution in [0.5, 0.6) is 5.75 Å². The Bertz CT molecular complexity index is 1020. The molecule has 36 heavy (non-hydrogen) atoms. The first-order chi connectivity index (χ1) is 17.6. The van der Waals surface area contributed by atoms with Crippen LogP contribution in [0.3, 0.4) is 0 Å². The van der Waals surface area contributed by atoms with Crippen molar-refractivity contribution in [3.05, 3.63) is 102 Å². The van der Waals surface area contributed by atoms with Gasteiger partial charge in [0.2, 0.25) is 0 Å². The number of nitrogens with two attached hydrogens (primary N) is 1. The zero-order valence-corrected chi connectivity index (χ0v) is 20.7. The van der Waals surface area contributed by atoms with E-state index in [0.29, 0.717) is 18.1 Å². The Hall–Kier alpha value is -3.39. The number of carbonyl (C=O) groups is 1. The van der Waals surface area contributed by atoms with Gasteiger partial charge >= 0.3 is 6.03 Å². The van der Waals surface area contributed by atoms with E-state index in [1.54, 1.807) is 0 Å². The van der Waals surface area contributed by atoms with Crippen molar-refractivity contribution in [1.82, 2.24) is 14.9 Å². The topological polar surface area (TPSA) is 82.3 Å². The highest BCUT2D eigenvalue weighted by Gasteiger charge is 2.26. The van der Waals surface area contributed by atoms with E-state index in [9.17, 15) is 10.0 Å². The highest BCUT2D eigenvalue weighted by molar-refractivity contribution is 5.70. The number of piperazine rings is 1. The molecule has 2 amide bonds. The molecule has 1 saturated heterocycles. The van der Waals surface area contributed by atoms with E-state index in [4.69, 9.17) is 10.5 Å². The average molecular weight is 489 g/mol. The quantitative estimate of drug-likeness (QED) is 0.313. The molecule has 4 rings (SSSR count). The molecule has 1 fully saturated rings. The van der Waals surface area contributed by atoms with Gasteiger partial charge in [0.25, 0.3) is 0 Å². The van der Waals surface area contributed by atoms with E-state index < -0.39 is 6.03 Å².